The number of likely N-dealkylation sites (tertiary alicyclic amines) is 1. The van der Waals surface area contributed by atoms with Gasteiger partial charge in [-0.2, -0.15) is 0 Å². The van der Waals surface area contributed by atoms with Gasteiger partial charge in [0.15, 0.2) is 0 Å². The lowest BCUT2D eigenvalue weighted by atomic mass is 9.71. The minimum Gasteiger partial charge on any atom is -0.481 e. The molecule has 2 atom stereocenters. The number of carboxylic acid groups (broad SMARTS) is 1. The standard InChI is InChI=1S/C23H30N2O3/c1-3-20-16-23(22(26)27,12-11-18-8-5-4-6-9-18)13-15-25(20)17-19-10-7-14-24-21(19)28-2/h4-10,14,20H,3,11-13,15-17H2,1-2H3,(H,26,27). The molecule has 28 heavy (non-hydrogen) atoms. The zero-order valence-corrected chi connectivity index (χ0v) is 16.8. The van der Waals surface area contributed by atoms with Crippen LogP contribution in [0.5, 0.6) is 5.88 Å². The number of carboxylic acids is 1. The van der Waals surface area contributed by atoms with E-state index in [1.807, 2.05) is 30.3 Å². The quantitative estimate of drug-likeness (QED) is 0.742. The van der Waals surface area contributed by atoms with Crippen LogP contribution in [0.3, 0.4) is 0 Å². The Bertz CT molecular complexity index is 780. The topological polar surface area (TPSA) is 62.7 Å². The summed E-state index contributed by atoms with van der Waals surface area (Å²) in [6.45, 7) is 3.66. The van der Waals surface area contributed by atoms with Crippen LogP contribution in [0.15, 0.2) is 48.7 Å². The van der Waals surface area contributed by atoms with Crippen LogP contribution < -0.4 is 4.74 Å². The molecule has 1 aliphatic heterocycles. The molecule has 0 saturated carbocycles. The fourth-order valence-electron chi connectivity index (χ4n) is 4.34. The molecule has 5 heteroatoms. The van der Waals surface area contributed by atoms with Gasteiger partial charge in [0, 0.05) is 24.3 Å². The van der Waals surface area contributed by atoms with E-state index in [1.165, 1.54) is 5.56 Å². The second-order valence-electron chi connectivity index (χ2n) is 7.73. The molecule has 1 aliphatic rings. The van der Waals surface area contributed by atoms with E-state index in [0.717, 1.165) is 31.5 Å². The van der Waals surface area contributed by atoms with E-state index in [2.05, 4.69) is 28.9 Å². The molecule has 3 rings (SSSR count). The number of nitrogens with zero attached hydrogens (tertiary/aromatic N) is 2. The first-order valence-electron chi connectivity index (χ1n) is 10.1. The highest BCUT2D eigenvalue weighted by atomic mass is 16.5. The van der Waals surface area contributed by atoms with Crippen molar-refractivity contribution in [1.82, 2.24) is 9.88 Å². The minimum absolute atomic E-state index is 0.241. The lowest BCUT2D eigenvalue weighted by molar-refractivity contribution is -0.154. The molecule has 5 nitrogen and oxygen atoms in total. The number of rotatable bonds is 8. The van der Waals surface area contributed by atoms with Crippen LogP contribution in [0.1, 0.15) is 43.7 Å². The Labute approximate surface area is 167 Å². The van der Waals surface area contributed by atoms with Gasteiger partial charge in [0.25, 0.3) is 0 Å². The fourth-order valence-corrected chi connectivity index (χ4v) is 4.34. The summed E-state index contributed by atoms with van der Waals surface area (Å²) in [6, 6.07) is 14.4. The first kappa shape index (κ1) is 20.3. The molecule has 1 N–H and O–H groups in total. The maximum Gasteiger partial charge on any atom is 0.309 e. The van der Waals surface area contributed by atoms with Gasteiger partial charge >= 0.3 is 5.97 Å². The molecular formula is C23H30N2O3. The molecule has 1 aromatic heterocycles. The fraction of sp³-hybridized carbons (Fsp3) is 0.478. The Morgan fingerprint density at radius 3 is 2.75 bits per heavy atom. The maximum atomic E-state index is 12.3. The number of pyridine rings is 1. The van der Waals surface area contributed by atoms with Gasteiger partial charge in [-0.3, -0.25) is 9.69 Å². The summed E-state index contributed by atoms with van der Waals surface area (Å²) < 4.78 is 5.39. The molecule has 2 unspecified atom stereocenters. The van der Waals surface area contributed by atoms with E-state index in [-0.39, 0.29) is 6.04 Å². The smallest absolute Gasteiger partial charge is 0.309 e. The van der Waals surface area contributed by atoms with Crippen molar-refractivity contribution in [3.05, 3.63) is 59.8 Å². The van der Waals surface area contributed by atoms with Crippen molar-refractivity contribution in [2.24, 2.45) is 5.41 Å². The molecule has 2 heterocycles. The number of benzene rings is 1. The number of carbonyl (C=O) groups is 1. The van der Waals surface area contributed by atoms with Crippen molar-refractivity contribution in [3.63, 3.8) is 0 Å². The Hall–Kier alpha value is -2.40. The van der Waals surface area contributed by atoms with Gasteiger partial charge in [0.2, 0.25) is 5.88 Å². The number of methoxy groups -OCH3 is 1. The Morgan fingerprint density at radius 1 is 1.29 bits per heavy atom. The Morgan fingerprint density at radius 2 is 2.07 bits per heavy atom. The first-order chi connectivity index (χ1) is 13.6. The van der Waals surface area contributed by atoms with Crippen LogP contribution in [0.4, 0.5) is 0 Å². The third-order valence-corrected chi connectivity index (χ3v) is 6.10. The molecule has 0 bridgehead atoms. The monoisotopic (exact) mass is 382 g/mol. The second-order valence-corrected chi connectivity index (χ2v) is 7.73. The largest absolute Gasteiger partial charge is 0.481 e. The molecule has 0 radical (unpaired) electrons. The van der Waals surface area contributed by atoms with Crippen molar-refractivity contribution in [3.8, 4) is 5.88 Å². The average molecular weight is 383 g/mol. The molecule has 150 valence electrons. The van der Waals surface area contributed by atoms with Crippen LogP contribution in [0.2, 0.25) is 0 Å². The highest BCUT2D eigenvalue weighted by Gasteiger charge is 2.44. The van der Waals surface area contributed by atoms with Crippen molar-refractivity contribution in [1.29, 1.82) is 0 Å². The summed E-state index contributed by atoms with van der Waals surface area (Å²) in [7, 11) is 1.64. The molecule has 0 aliphatic carbocycles. The van der Waals surface area contributed by atoms with E-state index < -0.39 is 11.4 Å². The molecule has 1 fully saturated rings. The summed E-state index contributed by atoms with van der Waals surface area (Å²) in [6.07, 6.45) is 5.52. The van der Waals surface area contributed by atoms with Gasteiger partial charge in [-0.25, -0.2) is 4.98 Å². The Kier molecular flexibility index (Phi) is 6.68. The van der Waals surface area contributed by atoms with Crippen LogP contribution >= 0.6 is 0 Å². The molecule has 0 spiro atoms. The lowest BCUT2D eigenvalue weighted by Gasteiger charge is -2.44. The second kappa shape index (κ2) is 9.20. The number of hydrogen-bond donors (Lipinski definition) is 1. The zero-order chi connectivity index (χ0) is 20.0. The maximum absolute atomic E-state index is 12.3. The van der Waals surface area contributed by atoms with E-state index in [4.69, 9.17) is 4.74 Å². The molecule has 1 aromatic carbocycles. The first-order valence-corrected chi connectivity index (χ1v) is 10.1. The SMILES string of the molecule is CCC1CC(CCc2ccccc2)(C(=O)O)CCN1Cc1cccnc1OC. The van der Waals surface area contributed by atoms with Gasteiger partial charge in [-0.15, -0.1) is 0 Å². The van der Waals surface area contributed by atoms with Gasteiger partial charge in [0.05, 0.1) is 12.5 Å². The zero-order valence-electron chi connectivity index (χ0n) is 16.8. The van der Waals surface area contributed by atoms with Crippen molar-refractivity contribution >= 4 is 5.97 Å². The third-order valence-electron chi connectivity index (χ3n) is 6.10. The summed E-state index contributed by atoms with van der Waals surface area (Å²) in [5, 5.41) is 10.1. The number of aryl methyl sites for hydroxylation is 1. The van der Waals surface area contributed by atoms with Crippen molar-refractivity contribution < 1.29 is 14.6 Å². The van der Waals surface area contributed by atoms with E-state index in [9.17, 15) is 9.90 Å². The lowest BCUT2D eigenvalue weighted by Crippen LogP contribution is -2.49. The molecule has 1 saturated heterocycles. The average Bonchev–Trinajstić information content (AvgIpc) is 2.74. The summed E-state index contributed by atoms with van der Waals surface area (Å²) in [5.41, 5.74) is 1.61. The predicted octanol–water partition coefficient (Wildman–Crippen LogP) is 4.17. The van der Waals surface area contributed by atoms with Gasteiger partial charge < -0.3 is 9.84 Å². The summed E-state index contributed by atoms with van der Waals surface area (Å²) in [5.74, 6) is -0.00279. The molecule has 0 amide bonds. The van der Waals surface area contributed by atoms with Crippen molar-refractivity contribution in [2.75, 3.05) is 13.7 Å². The summed E-state index contributed by atoms with van der Waals surface area (Å²) >= 11 is 0. The summed E-state index contributed by atoms with van der Waals surface area (Å²) in [4.78, 5) is 19.0. The van der Waals surface area contributed by atoms with Crippen LogP contribution in [-0.2, 0) is 17.8 Å². The number of aliphatic carboxylic acids is 1. The Balaban J connectivity index is 1.72. The van der Waals surface area contributed by atoms with E-state index in [0.29, 0.717) is 25.1 Å². The van der Waals surface area contributed by atoms with Crippen LogP contribution in [0.25, 0.3) is 0 Å². The normalized spacial score (nSPS) is 22.7. The minimum atomic E-state index is -0.652. The highest BCUT2D eigenvalue weighted by Crippen LogP contribution is 2.41. The predicted molar refractivity (Wildman–Crippen MR) is 109 cm³/mol. The van der Waals surface area contributed by atoms with Gasteiger partial charge in [-0.05, 0) is 50.3 Å². The molecule has 2 aromatic rings. The number of aromatic nitrogens is 1. The van der Waals surface area contributed by atoms with Crippen LogP contribution in [0, 0.1) is 5.41 Å². The number of hydrogen-bond acceptors (Lipinski definition) is 4. The van der Waals surface area contributed by atoms with E-state index >= 15 is 0 Å². The van der Waals surface area contributed by atoms with Crippen LogP contribution in [-0.4, -0.2) is 40.7 Å². The van der Waals surface area contributed by atoms with Gasteiger partial charge in [0.1, 0.15) is 0 Å². The van der Waals surface area contributed by atoms with Crippen molar-refractivity contribution in [2.45, 2.75) is 51.6 Å². The number of piperidine rings is 1. The van der Waals surface area contributed by atoms with E-state index in [1.54, 1.807) is 13.3 Å². The van der Waals surface area contributed by atoms with Gasteiger partial charge in [-0.1, -0.05) is 43.3 Å². The molecular weight excluding hydrogens is 352 g/mol. The number of ether oxygens (including phenoxy) is 1. The highest BCUT2D eigenvalue weighted by molar-refractivity contribution is 5.75. The third kappa shape index (κ3) is 4.53.